The molecule has 2 unspecified atom stereocenters. The average molecular weight is 465 g/mol. The third-order valence-corrected chi connectivity index (χ3v) is 7.28. The number of nitrogens with zero attached hydrogens (tertiary/aromatic N) is 4. The molecule has 0 radical (unpaired) electrons. The van der Waals surface area contributed by atoms with E-state index in [0.717, 1.165) is 46.4 Å². The molecule has 7 nitrogen and oxygen atoms in total. The predicted octanol–water partition coefficient (Wildman–Crippen LogP) is 4.60. The van der Waals surface area contributed by atoms with Gasteiger partial charge >= 0.3 is 0 Å². The van der Waals surface area contributed by atoms with Gasteiger partial charge in [0.1, 0.15) is 0 Å². The Kier molecular flexibility index (Phi) is 6.26. The van der Waals surface area contributed by atoms with E-state index >= 15 is 0 Å². The number of amides is 1. The third-order valence-electron chi connectivity index (χ3n) is 6.33. The summed E-state index contributed by atoms with van der Waals surface area (Å²) in [5.41, 5.74) is 2.05. The standard InChI is InChI=1S/C25H28N4O3S/c1-17-7-6-8-18(2)29(17)23(30)15-33-25-27-26-24(20-9-4-3-5-10-20)28(25)14-19-11-12-21-22(13-19)32-16-31-21/h3-5,9-13,17-18H,6-8,14-16H2,1-2H3. The lowest BCUT2D eigenvalue weighted by molar-refractivity contribution is -0.134. The maximum absolute atomic E-state index is 13.1. The van der Waals surface area contributed by atoms with Crippen LogP contribution in [0, 0.1) is 0 Å². The van der Waals surface area contributed by atoms with Crippen LogP contribution in [0.1, 0.15) is 38.7 Å². The second-order valence-electron chi connectivity index (χ2n) is 8.66. The first-order valence-corrected chi connectivity index (χ1v) is 12.4. The number of piperidine rings is 1. The number of hydrogen-bond donors (Lipinski definition) is 0. The van der Waals surface area contributed by atoms with Gasteiger partial charge in [0.2, 0.25) is 12.7 Å². The van der Waals surface area contributed by atoms with Gasteiger partial charge in [0.15, 0.2) is 22.5 Å². The molecule has 172 valence electrons. The minimum absolute atomic E-state index is 0.165. The zero-order valence-corrected chi connectivity index (χ0v) is 19.8. The van der Waals surface area contributed by atoms with Gasteiger partial charge in [0, 0.05) is 17.6 Å². The van der Waals surface area contributed by atoms with Gasteiger partial charge in [-0.05, 0) is 50.8 Å². The van der Waals surface area contributed by atoms with Crippen molar-refractivity contribution >= 4 is 17.7 Å². The van der Waals surface area contributed by atoms with Gasteiger partial charge < -0.3 is 14.4 Å². The molecule has 0 aliphatic carbocycles. The third kappa shape index (κ3) is 4.57. The fourth-order valence-electron chi connectivity index (χ4n) is 4.67. The number of hydrogen-bond acceptors (Lipinski definition) is 6. The molecule has 3 aromatic rings. The molecule has 5 rings (SSSR count). The molecule has 0 saturated carbocycles. The van der Waals surface area contributed by atoms with E-state index in [1.54, 1.807) is 0 Å². The van der Waals surface area contributed by atoms with Crippen molar-refractivity contribution in [2.45, 2.75) is 56.9 Å². The Labute approximate surface area is 198 Å². The molecule has 3 heterocycles. The Morgan fingerprint density at radius 1 is 1.03 bits per heavy atom. The molecular formula is C25H28N4O3S. The van der Waals surface area contributed by atoms with Crippen molar-refractivity contribution in [3.05, 3.63) is 54.1 Å². The highest BCUT2D eigenvalue weighted by Crippen LogP contribution is 2.34. The van der Waals surface area contributed by atoms with Crippen LogP contribution in [-0.2, 0) is 11.3 Å². The summed E-state index contributed by atoms with van der Waals surface area (Å²) in [5.74, 6) is 2.81. The van der Waals surface area contributed by atoms with Crippen molar-refractivity contribution < 1.29 is 14.3 Å². The number of rotatable bonds is 6. The summed E-state index contributed by atoms with van der Waals surface area (Å²) >= 11 is 1.46. The summed E-state index contributed by atoms with van der Waals surface area (Å²) in [6, 6.07) is 16.5. The molecule has 2 aromatic carbocycles. The first-order chi connectivity index (χ1) is 16.1. The normalized spacial score (nSPS) is 19.6. The quantitative estimate of drug-likeness (QED) is 0.497. The molecule has 1 saturated heterocycles. The van der Waals surface area contributed by atoms with E-state index in [9.17, 15) is 4.79 Å². The van der Waals surface area contributed by atoms with Crippen LogP contribution in [0.3, 0.4) is 0 Å². The number of benzene rings is 2. The van der Waals surface area contributed by atoms with Gasteiger partial charge in [-0.1, -0.05) is 48.2 Å². The molecule has 2 atom stereocenters. The van der Waals surface area contributed by atoms with Crippen LogP contribution >= 0.6 is 11.8 Å². The lowest BCUT2D eigenvalue weighted by atomic mass is 9.98. The second kappa shape index (κ2) is 9.47. The van der Waals surface area contributed by atoms with Gasteiger partial charge in [-0.2, -0.15) is 0 Å². The molecule has 0 bridgehead atoms. The van der Waals surface area contributed by atoms with Crippen molar-refractivity contribution in [1.29, 1.82) is 0 Å². The highest BCUT2D eigenvalue weighted by molar-refractivity contribution is 7.99. The molecule has 2 aliphatic heterocycles. The van der Waals surface area contributed by atoms with Crippen molar-refractivity contribution in [1.82, 2.24) is 19.7 Å². The van der Waals surface area contributed by atoms with E-state index in [-0.39, 0.29) is 24.8 Å². The molecule has 0 spiro atoms. The molecular weight excluding hydrogens is 436 g/mol. The maximum atomic E-state index is 13.1. The van der Waals surface area contributed by atoms with E-state index in [4.69, 9.17) is 9.47 Å². The first kappa shape index (κ1) is 21.8. The maximum Gasteiger partial charge on any atom is 0.233 e. The fraction of sp³-hybridized carbons (Fsp3) is 0.400. The molecule has 33 heavy (non-hydrogen) atoms. The lowest BCUT2D eigenvalue weighted by Gasteiger charge is -2.39. The molecule has 8 heteroatoms. The van der Waals surface area contributed by atoms with Crippen LogP contribution in [-0.4, -0.2) is 50.2 Å². The van der Waals surface area contributed by atoms with Crippen LogP contribution in [0.25, 0.3) is 11.4 Å². The topological polar surface area (TPSA) is 69.5 Å². The molecule has 0 N–H and O–H groups in total. The number of carbonyl (C=O) groups excluding carboxylic acids is 1. The van der Waals surface area contributed by atoms with Gasteiger partial charge in [0.05, 0.1) is 12.3 Å². The molecule has 1 aromatic heterocycles. The summed E-state index contributed by atoms with van der Waals surface area (Å²) in [4.78, 5) is 15.1. The van der Waals surface area contributed by atoms with Crippen LogP contribution in [0.5, 0.6) is 11.5 Å². The zero-order chi connectivity index (χ0) is 22.8. The molecule has 2 aliphatic rings. The van der Waals surface area contributed by atoms with Crippen LogP contribution in [0.4, 0.5) is 0 Å². The van der Waals surface area contributed by atoms with Crippen LogP contribution in [0.2, 0.25) is 0 Å². The first-order valence-electron chi connectivity index (χ1n) is 11.4. The SMILES string of the molecule is CC1CCCC(C)N1C(=O)CSc1nnc(-c2ccccc2)n1Cc1ccc2c(c1)OCO2. The summed E-state index contributed by atoms with van der Waals surface area (Å²) < 4.78 is 13.1. The lowest BCUT2D eigenvalue weighted by Crippen LogP contribution is -2.48. The van der Waals surface area contributed by atoms with E-state index < -0.39 is 0 Å². The average Bonchev–Trinajstić information content (AvgIpc) is 3.45. The largest absolute Gasteiger partial charge is 0.454 e. The molecule has 1 amide bonds. The Morgan fingerprint density at radius 3 is 2.58 bits per heavy atom. The summed E-state index contributed by atoms with van der Waals surface area (Å²) in [7, 11) is 0. The van der Waals surface area contributed by atoms with E-state index in [2.05, 4.69) is 28.6 Å². The number of aromatic nitrogens is 3. The van der Waals surface area contributed by atoms with E-state index in [1.165, 1.54) is 18.2 Å². The van der Waals surface area contributed by atoms with Crippen molar-refractivity contribution in [2.24, 2.45) is 0 Å². The number of fused-ring (bicyclic) bond motifs is 1. The van der Waals surface area contributed by atoms with Gasteiger partial charge in [0.25, 0.3) is 0 Å². The number of ether oxygens (including phenoxy) is 2. The Morgan fingerprint density at radius 2 is 1.79 bits per heavy atom. The number of thioether (sulfide) groups is 1. The van der Waals surface area contributed by atoms with Gasteiger partial charge in [-0.25, -0.2) is 0 Å². The number of likely N-dealkylation sites (tertiary alicyclic amines) is 1. The monoisotopic (exact) mass is 464 g/mol. The van der Waals surface area contributed by atoms with Crippen molar-refractivity contribution in [3.63, 3.8) is 0 Å². The summed E-state index contributed by atoms with van der Waals surface area (Å²) in [5, 5.41) is 9.69. The highest BCUT2D eigenvalue weighted by Gasteiger charge is 2.29. The second-order valence-corrected chi connectivity index (χ2v) is 9.61. The predicted molar refractivity (Wildman–Crippen MR) is 127 cm³/mol. The van der Waals surface area contributed by atoms with Gasteiger partial charge in [-0.15, -0.1) is 10.2 Å². The Bertz CT molecular complexity index is 1120. The fourth-order valence-corrected chi connectivity index (χ4v) is 5.48. The van der Waals surface area contributed by atoms with Gasteiger partial charge in [-0.3, -0.25) is 9.36 Å². The zero-order valence-electron chi connectivity index (χ0n) is 18.9. The minimum atomic E-state index is 0.165. The highest BCUT2D eigenvalue weighted by atomic mass is 32.2. The smallest absolute Gasteiger partial charge is 0.233 e. The van der Waals surface area contributed by atoms with Crippen molar-refractivity contribution in [3.8, 4) is 22.9 Å². The Hall–Kier alpha value is -3.00. The van der Waals surface area contributed by atoms with E-state index in [1.807, 2.05) is 53.4 Å². The van der Waals surface area contributed by atoms with E-state index in [0.29, 0.717) is 12.3 Å². The van der Waals surface area contributed by atoms with Crippen molar-refractivity contribution in [2.75, 3.05) is 12.5 Å². The summed E-state index contributed by atoms with van der Waals surface area (Å²) in [6.45, 7) is 5.11. The van der Waals surface area contributed by atoms with Crippen LogP contribution in [0.15, 0.2) is 53.7 Å². The Balaban J connectivity index is 1.40. The number of carbonyl (C=O) groups is 1. The molecule has 1 fully saturated rings. The minimum Gasteiger partial charge on any atom is -0.454 e. The summed E-state index contributed by atoms with van der Waals surface area (Å²) in [6.07, 6.45) is 3.32. The van der Waals surface area contributed by atoms with Crippen LogP contribution < -0.4 is 9.47 Å².